The lowest BCUT2D eigenvalue weighted by molar-refractivity contribution is -0.384. The van der Waals surface area contributed by atoms with Gasteiger partial charge >= 0.3 is 0 Å². The Hall–Kier alpha value is -2.93. The van der Waals surface area contributed by atoms with E-state index in [1.807, 2.05) is 30.3 Å². The molecule has 0 aliphatic rings. The summed E-state index contributed by atoms with van der Waals surface area (Å²) in [4.78, 5) is 27.8. The Morgan fingerprint density at radius 2 is 1.92 bits per heavy atom. The molecule has 0 radical (unpaired) electrons. The number of hydrogen-bond donors (Lipinski definition) is 1. The highest BCUT2D eigenvalue weighted by Crippen LogP contribution is 2.27. The molecule has 25 heavy (non-hydrogen) atoms. The molecule has 1 atom stereocenters. The summed E-state index contributed by atoms with van der Waals surface area (Å²) >= 11 is 1.35. The van der Waals surface area contributed by atoms with Crippen LogP contribution in [0.2, 0.25) is 0 Å². The number of carbonyl (C=O) groups excluding carboxylic acids is 1. The van der Waals surface area contributed by atoms with Crippen molar-refractivity contribution < 1.29 is 9.72 Å². The molecule has 3 rings (SSSR count). The van der Waals surface area contributed by atoms with Gasteiger partial charge < -0.3 is 5.32 Å². The van der Waals surface area contributed by atoms with Crippen LogP contribution in [0.1, 0.15) is 6.92 Å². The number of fused-ring (bicyclic) bond motifs is 1. The van der Waals surface area contributed by atoms with Gasteiger partial charge in [-0.1, -0.05) is 6.07 Å². The van der Waals surface area contributed by atoms with Crippen LogP contribution in [0.3, 0.4) is 0 Å². The third-order valence-electron chi connectivity index (χ3n) is 3.63. The number of carbonyl (C=O) groups is 1. The Labute approximate surface area is 148 Å². The summed E-state index contributed by atoms with van der Waals surface area (Å²) in [5.74, 6) is -0.139. The summed E-state index contributed by atoms with van der Waals surface area (Å²) in [7, 11) is 0. The second-order valence-electron chi connectivity index (χ2n) is 5.38. The number of nitro groups is 1. The molecule has 0 unspecified atom stereocenters. The van der Waals surface area contributed by atoms with E-state index in [2.05, 4.69) is 10.3 Å². The fourth-order valence-corrected chi connectivity index (χ4v) is 3.22. The van der Waals surface area contributed by atoms with Crippen LogP contribution < -0.4 is 5.32 Å². The number of aromatic nitrogens is 1. The van der Waals surface area contributed by atoms with Crippen molar-refractivity contribution in [3.05, 3.63) is 70.9 Å². The van der Waals surface area contributed by atoms with E-state index < -0.39 is 4.92 Å². The van der Waals surface area contributed by atoms with E-state index in [0.29, 0.717) is 5.69 Å². The van der Waals surface area contributed by atoms with Crippen LogP contribution in [0.4, 0.5) is 11.4 Å². The monoisotopic (exact) mass is 353 g/mol. The van der Waals surface area contributed by atoms with Crippen molar-refractivity contribution in [3.63, 3.8) is 0 Å². The Morgan fingerprint density at radius 1 is 1.16 bits per heavy atom. The first kappa shape index (κ1) is 16.9. The van der Waals surface area contributed by atoms with E-state index in [4.69, 9.17) is 0 Å². The van der Waals surface area contributed by atoms with Gasteiger partial charge in [0.15, 0.2) is 0 Å². The van der Waals surface area contributed by atoms with Crippen LogP contribution in [0.5, 0.6) is 0 Å². The van der Waals surface area contributed by atoms with Gasteiger partial charge in [0.25, 0.3) is 5.69 Å². The SMILES string of the molecule is C[C@@H](Sc1ccc([N+](=O)[O-])cc1)C(=O)Nc1cccc2ncccc12. The van der Waals surface area contributed by atoms with Crippen LogP contribution in [-0.2, 0) is 4.79 Å². The minimum atomic E-state index is -0.445. The van der Waals surface area contributed by atoms with Crippen LogP contribution in [-0.4, -0.2) is 21.1 Å². The Bertz CT molecular complexity index is 923. The maximum absolute atomic E-state index is 12.5. The highest BCUT2D eigenvalue weighted by atomic mass is 32.2. The minimum absolute atomic E-state index is 0.0321. The van der Waals surface area contributed by atoms with Gasteiger partial charge in [-0.25, -0.2) is 0 Å². The summed E-state index contributed by atoms with van der Waals surface area (Å²) in [5, 5.41) is 14.1. The lowest BCUT2D eigenvalue weighted by Crippen LogP contribution is -2.22. The second-order valence-corrected chi connectivity index (χ2v) is 6.79. The van der Waals surface area contributed by atoms with Crippen molar-refractivity contribution in [3.8, 4) is 0 Å². The Morgan fingerprint density at radius 3 is 2.64 bits per heavy atom. The number of nitrogens with one attached hydrogen (secondary N) is 1. The van der Waals surface area contributed by atoms with Crippen molar-refractivity contribution in [2.24, 2.45) is 0 Å². The first-order chi connectivity index (χ1) is 12.0. The average Bonchev–Trinajstić information content (AvgIpc) is 2.62. The third-order valence-corrected chi connectivity index (χ3v) is 4.75. The molecule has 3 aromatic rings. The predicted molar refractivity (Wildman–Crippen MR) is 98.8 cm³/mol. The maximum Gasteiger partial charge on any atom is 0.269 e. The van der Waals surface area contributed by atoms with Crippen LogP contribution >= 0.6 is 11.8 Å². The molecule has 2 aromatic carbocycles. The molecule has 6 nitrogen and oxygen atoms in total. The first-order valence-electron chi connectivity index (χ1n) is 7.60. The molecule has 1 amide bonds. The zero-order valence-corrected chi connectivity index (χ0v) is 14.2. The number of nitro benzene ring substituents is 1. The highest BCUT2D eigenvalue weighted by Gasteiger charge is 2.16. The first-order valence-corrected chi connectivity index (χ1v) is 8.48. The van der Waals surface area contributed by atoms with E-state index in [-0.39, 0.29) is 16.8 Å². The molecule has 0 aliphatic carbocycles. The molecule has 0 saturated heterocycles. The number of non-ortho nitro benzene ring substituents is 1. The zero-order chi connectivity index (χ0) is 17.8. The molecule has 1 heterocycles. The van der Waals surface area contributed by atoms with Gasteiger partial charge in [-0.05, 0) is 43.3 Å². The molecule has 1 aromatic heterocycles. The third kappa shape index (κ3) is 3.95. The number of thioether (sulfide) groups is 1. The minimum Gasteiger partial charge on any atom is -0.324 e. The summed E-state index contributed by atoms with van der Waals surface area (Å²) in [6, 6.07) is 15.5. The van der Waals surface area contributed by atoms with Crippen LogP contribution in [0, 0.1) is 10.1 Å². The van der Waals surface area contributed by atoms with Crippen molar-refractivity contribution >= 4 is 39.9 Å². The van der Waals surface area contributed by atoms with Gasteiger partial charge in [-0.3, -0.25) is 19.9 Å². The van der Waals surface area contributed by atoms with Crippen molar-refractivity contribution in [1.82, 2.24) is 4.98 Å². The molecule has 1 N–H and O–H groups in total. The standard InChI is InChI=1S/C18H15N3O3S/c1-12(25-14-9-7-13(8-10-14)21(23)24)18(22)20-17-6-2-5-16-15(17)4-3-11-19-16/h2-12H,1H3,(H,20,22)/t12-/m1/s1. The average molecular weight is 353 g/mol. The molecule has 0 fully saturated rings. The lowest BCUT2D eigenvalue weighted by Gasteiger charge is -2.13. The fourth-order valence-electron chi connectivity index (χ4n) is 2.35. The number of amides is 1. The summed E-state index contributed by atoms with van der Waals surface area (Å²) in [6.07, 6.45) is 1.71. The molecule has 0 saturated carbocycles. The van der Waals surface area contributed by atoms with Crippen molar-refractivity contribution in [1.29, 1.82) is 0 Å². The van der Waals surface area contributed by atoms with Gasteiger partial charge in [0, 0.05) is 28.6 Å². The van der Waals surface area contributed by atoms with Gasteiger partial charge in [-0.15, -0.1) is 11.8 Å². The van der Waals surface area contributed by atoms with E-state index in [9.17, 15) is 14.9 Å². The second kappa shape index (κ2) is 7.31. The topological polar surface area (TPSA) is 85.1 Å². The molecule has 0 bridgehead atoms. The summed E-state index contributed by atoms with van der Waals surface area (Å²) < 4.78 is 0. The quantitative estimate of drug-likeness (QED) is 0.421. The molecule has 126 valence electrons. The summed E-state index contributed by atoms with van der Waals surface area (Å²) in [6.45, 7) is 1.80. The van der Waals surface area contributed by atoms with Gasteiger partial charge in [0.1, 0.15) is 0 Å². The molecular weight excluding hydrogens is 338 g/mol. The number of rotatable bonds is 5. The van der Waals surface area contributed by atoms with E-state index in [1.54, 1.807) is 25.3 Å². The number of anilines is 1. The van der Waals surface area contributed by atoms with Gasteiger partial charge in [0.2, 0.25) is 5.91 Å². The van der Waals surface area contributed by atoms with E-state index >= 15 is 0 Å². The van der Waals surface area contributed by atoms with E-state index in [0.717, 1.165) is 15.8 Å². The van der Waals surface area contributed by atoms with E-state index in [1.165, 1.54) is 23.9 Å². The van der Waals surface area contributed by atoms with Gasteiger partial charge in [0.05, 0.1) is 21.4 Å². The van der Waals surface area contributed by atoms with Gasteiger partial charge in [-0.2, -0.15) is 0 Å². The lowest BCUT2D eigenvalue weighted by atomic mass is 10.2. The fraction of sp³-hybridized carbons (Fsp3) is 0.111. The Kier molecular flexibility index (Phi) is 4.95. The maximum atomic E-state index is 12.5. The smallest absolute Gasteiger partial charge is 0.269 e. The Balaban J connectivity index is 1.71. The number of benzene rings is 2. The normalized spacial score (nSPS) is 11.9. The largest absolute Gasteiger partial charge is 0.324 e. The highest BCUT2D eigenvalue weighted by molar-refractivity contribution is 8.00. The van der Waals surface area contributed by atoms with Crippen molar-refractivity contribution in [2.75, 3.05) is 5.32 Å². The van der Waals surface area contributed by atoms with Crippen LogP contribution in [0.25, 0.3) is 10.9 Å². The number of hydrogen-bond acceptors (Lipinski definition) is 5. The summed E-state index contributed by atoms with van der Waals surface area (Å²) in [5.41, 5.74) is 1.56. The van der Waals surface area contributed by atoms with Crippen molar-refractivity contribution in [2.45, 2.75) is 17.1 Å². The number of nitrogens with zero attached hydrogens (tertiary/aromatic N) is 2. The van der Waals surface area contributed by atoms with Crippen LogP contribution in [0.15, 0.2) is 65.7 Å². The zero-order valence-electron chi connectivity index (χ0n) is 13.4. The molecule has 7 heteroatoms. The molecular formula is C18H15N3O3S. The predicted octanol–water partition coefficient (Wildman–Crippen LogP) is 4.26. The molecule has 0 aliphatic heterocycles. The number of pyridine rings is 1. The molecule has 0 spiro atoms.